The molecule has 0 atom stereocenters. The summed E-state index contributed by atoms with van der Waals surface area (Å²) in [6.07, 6.45) is 0. The summed E-state index contributed by atoms with van der Waals surface area (Å²) in [6, 6.07) is 8.02. The van der Waals surface area contributed by atoms with Crippen molar-refractivity contribution in [3.8, 4) is 0 Å². The largest absolute Gasteiger partial charge is 0.337 e. The normalized spacial score (nSPS) is 10.1. The number of nitrogens with zero attached hydrogens (tertiary/aromatic N) is 1. The van der Waals surface area contributed by atoms with Crippen molar-refractivity contribution in [1.82, 2.24) is 15.5 Å². The third-order valence-corrected chi connectivity index (χ3v) is 3.03. The van der Waals surface area contributed by atoms with Crippen LogP contribution in [0.1, 0.15) is 5.56 Å². The second-order valence-electron chi connectivity index (χ2n) is 3.89. The second-order valence-corrected chi connectivity index (χ2v) is 4.75. The van der Waals surface area contributed by atoms with Gasteiger partial charge in [0.1, 0.15) is 0 Å². The number of halogens is 1. The standard InChI is InChI=1S/C12H18BrN3O/c1-16(2)12(17)15-8-7-14-9-10-5-3-4-6-11(10)13/h3-6,14H,7-9H2,1-2H3,(H,15,17). The van der Waals surface area contributed by atoms with Gasteiger partial charge in [-0.25, -0.2) is 4.79 Å². The summed E-state index contributed by atoms with van der Waals surface area (Å²) in [5, 5.41) is 6.07. The van der Waals surface area contributed by atoms with Crippen LogP contribution in [0.15, 0.2) is 28.7 Å². The van der Waals surface area contributed by atoms with Gasteiger partial charge in [0.15, 0.2) is 0 Å². The van der Waals surface area contributed by atoms with Gasteiger partial charge in [-0.1, -0.05) is 34.1 Å². The average molecular weight is 300 g/mol. The first-order valence-electron chi connectivity index (χ1n) is 5.50. The van der Waals surface area contributed by atoms with Crippen LogP contribution in [-0.2, 0) is 6.54 Å². The molecule has 1 aromatic carbocycles. The molecule has 2 amide bonds. The Morgan fingerprint density at radius 3 is 2.65 bits per heavy atom. The van der Waals surface area contributed by atoms with E-state index in [-0.39, 0.29) is 6.03 Å². The Kier molecular flexibility index (Phi) is 6.00. The molecular weight excluding hydrogens is 282 g/mol. The molecule has 0 spiro atoms. The van der Waals surface area contributed by atoms with Crippen LogP contribution in [0.25, 0.3) is 0 Å². The van der Waals surface area contributed by atoms with Crippen LogP contribution in [0.5, 0.6) is 0 Å². The summed E-state index contributed by atoms with van der Waals surface area (Å²) in [5.74, 6) is 0. The minimum Gasteiger partial charge on any atom is -0.337 e. The molecule has 17 heavy (non-hydrogen) atoms. The van der Waals surface area contributed by atoms with E-state index in [2.05, 4.69) is 32.6 Å². The lowest BCUT2D eigenvalue weighted by molar-refractivity contribution is 0.217. The van der Waals surface area contributed by atoms with Crippen LogP contribution in [0.3, 0.4) is 0 Å². The number of urea groups is 1. The topological polar surface area (TPSA) is 44.4 Å². The van der Waals surface area contributed by atoms with Crippen molar-refractivity contribution >= 4 is 22.0 Å². The molecule has 0 aromatic heterocycles. The zero-order valence-corrected chi connectivity index (χ0v) is 11.8. The van der Waals surface area contributed by atoms with Crippen LogP contribution in [-0.4, -0.2) is 38.1 Å². The van der Waals surface area contributed by atoms with Gasteiger partial charge in [-0.3, -0.25) is 0 Å². The predicted molar refractivity (Wildman–Crippen MR) is 72.9 cm³/mol. The maximum atomic E-state index is 11.2. The fourth-order valence-electron chi connectivity index (χ4n) is 1.28. The third kappa shape index (κ3) is 5.19. The maximum absolute atomic E-state index is 11.2. The first kappa shape index (κ1) is 14.0. The Morgan fingerprint density at radius 1 is 1.29 bits per heavy atom. The van der Waals surface area contributed by atoms with E-state index in [4.69, 9.17) is 0 Å². The van der Waals surface area contributed by atoms with Gasteiger partial charge in [0.25, 0.3) is 0 Å². The van der Waals surface area contributed by atoms with E-state index >= 15 is 0 Å². The van der Waals surface area contributed by atoms with Crippen LogP contribution in [0.2, 0.25) is 0 Å². The molecule has 0 aliphatic rings. The molecule has 2 N–H and O–H groups in total. The van der Waals surface area contributed by atoms with Gasteiger partial charge >= 0.3 is 6.03 Å². The molecule has 0 saturated carbocycles. The Labute approximate surface area is 111 Å². The van der Waals surface area contributed by atoms with E-state index in [0.717, 1.165) is 17.6 Å². The Morgan fingerprint density at radius 2 is 2.00 bits per heavy atom. The number of nitrogens with one attached hydrogen (secondary N) is 2. The summed E-state index contributed by atoms with van der Waals surface area (Å²) in [7, 11) is 3.45. The molecule has 0 aliphatic carbocycles. The van der Waals surface area contributed by atoms with Crippen LogP contribution in [0, 0.1) is 0 Å². The van der Waals surface area contributed by atoms with Crippen molar-refractivity contribution in [3.63, 3.8) is 0 Å². The highest BCUT2D eigenvalue weighted by Gasteiger charge is 2.01. The molecule has 0 fully saturated rings. The summed E-state index contributed by atoms with van der Waals surface area (Å²) >= 11 is 3.49. The fraction of sp³-hybridized carbons (Fsp3) is 0.417. The van der Waals surface area contributed by atoms with Crippen LogP contribution in [0.4, 0.5) is 4.79 Å². The molecule has 1 rings (SSSR count). The zero-order valence-electron chi connectivity index (χ0n) is 10.2. The van der Waals surface area contributed by atoms with Crippen molar-refractivity contribution in [2.24, 2.45) is 0 Å². The van der Waals surface area contributed by atoms with E-state index in [9.17, 15) is 4.79 Å². The van der Waals surface area contributed by atoms with Gasteiger partial charge in [-0.2, -0.15) is 0 Å². The summed E-state index contributed by atoms with van der Waals surface area (Å²) < 4.78 is 1.10. The van der Waals surface area contributed by atoms with E-state index < -0.39 is 0 Å². The smallest absolute Gasteiger partial charge is 0.316 e. The lowest BCUT2D eigenvalue weighted by atomic mass is 10.2. The van der Waals surface area contributed by atoms with Crippen molar-refractivity contribution in [2.75, 3.05) is 27.2 Å². The molecule has 0 unspecified atom stereocenters. The van der Waals surface area contributed by atoms with Crippen molar-refractivity contribution in [1.29, 1.82) is 0 Å². The minimum absolute atomic E-state index is 0.0623. The molecule has 0 heterocycles. The van der Waals surface area contributed by atoms with Gasteiger partial charge in [0.2, 0.25) is 0 Å². The van der Waals surface area contributed by atoms with Crippen molar-refractivity contribution < 1.29 is 4.79 Å². The molecule has 1 aromatic rings. The number of hydrogen-bond acceptors (Lipinski definition) is 2. The second kappa shape index (κ2) is 7.29. The molecule has 0 bridgehead atoms. The van der Waals surface area contributed by atoms with Crippen LogP contribution < -0.4 is 10.6 Å². The predicted octanol–water partition coefficient (Wildman–Crippen LogP) is 1.81. The zero-order chi connectivity index (χ0) is 12.7. The number of carbonyl (C=O) groups excluding carboxylic acids is 1. The van der Waals surface area contributed by atoms with E-state index in [1.54, 1.807) is 14.1 Å². The van der Waals surface area contributed by atoms with Gasteiger partial charge in [0, 0.05) is 38.2 Å². The summed E-state index contributed by atoms with van der Waals surface area (Å²) in [5.41, 5.74) is 1.21. The van der Waals surface area contributed by atoms with Gasteiger partial charge in [0.05, 0.1) is 0 Å². The monoisotopic (exact) mass is 299 g/mol. The van der Waals surface area contributed by atoms with E-state index in [1.807, 2.05) is 18.2 Å². The molecule has 5 heteroatoms. The molecular formula is C12H18BrN3O. The van der Waals surface area contributed by atoms with Crippen molar-refractivity contribution in [2.45, 2.75) is 6.54 Å². The number of rotatable bonds is 5. The first-order valence-corrected chi connectivity index (χ1v) is 6.30. The summed E-state index contributed by atoms with van der Waals surface area (Å²) in [4.78, 5) is 12.7. The highest BCUT2D eigenvalue weighted by Crippen LogP contribution is 2.14. The molecule has 4 nitrogen and oxygen atoms in total. The Hall–Kier alpha value is -1.07. The third-order valence-electron chi connectivity index (χ3n) is 2.26. The first-order chi connectivity index (χ1) is 8.11. The van der Waals surface area contributed by atoms with Gasteiger partial charge in [-0.15, -0.1) is 0 Å². The number of carbonyl (C=O) groups is 1. The van der Waals surface area contributed by atoms with Crippen molar-refractivity contribution in [3.05, 3.63) is 34.3 Å². The van der Waals surface area contributed by atoms with Gasteiger partial charge < -0.3 is 15.5 Å². The maximum Gasteiger partial charge on any atom is 0.316 e. The summed E-state index contributed by atoms with van der Waals surface area (Å²) in [6.45, 7) is 2.17. The lowest BCUT2D eigenvalue weighted by Gasteiger charge is -2.12. The molecule has 0 radical (unpaired) electrons. The molecule has 0 saturated heterocycles. The SMILES string of the molecule is CN(C)C(=O)NCCNCc1ccccc1Br. The minimum atomic E-state index is -0.0623. The molecule has 94 valence electrons. The van der Waals surface area contributed by atoms with Gasteiger partial charge in [-0.05, 0) is 11.6 Å². The Balaban J connectivity index is 2.17. The number of amides is 2. The highest BCUT2D eigenvalue weighted by atomic mass is 79.9. The average Bonchev–Trinajstić information content (AvgIpc) is 2.30. The van der Waals surface area contributed by atoms with Crippen LogP contribution >= 0.6 is 15.9 Å². The lowest BCUT2D eigenvalue weighted by Crippen LogP contribution is -2.38. The number of hydrogen-bond donors (Lipinski definition) is 2. The Bertz CT molecular complexity index is 369. The number of benzene rings is 1. The van der Waals surface area contributed by atoms with E-state index in [1.165, 1.54) is 10.5 Å². The fourth-order valence-corrected chi connectivity index (χ4v) is 1.71. The molecule has 0 aliphatic heterocycles. The van der Waals surface area contributed by atoms with E-state index in [0.29, 0.717) is 6.54 Å². The highest BCUT2D eigenvalue weighted by molar-refractivity contribution is 9.10. The quantitative estimate of drug-likeness (QED) is 0.815.